The fraction of sp³-hybridized carbons (Fsp3) is 0.750. The predicted molar refractivity (Wildman–Crippen MR) is 69.1 cm³/mol. The lowest BCUT2D eigenvalue weighted by molar-refractivity contribution is -0.0268. The summed E-state index contributed by atoms with van der Waals surface area (Å²) in [6.45, 7) is 6.33. The first-order valence-corrected chi connectivity index (χ1v) is 6.57. The fourth-order valence-electron chi connectivity index (χ4n) is 1.83. The van der Waals surface area contributed by atoms with Crippen molar-refractivity contribution in [2.75, 3.05) is 14.2 Å². The van der Waals surface area contributed by atoms with Crippen LogP contribution in [0.3, 0.4) is 0 Å². The molecule has 16 heavy (non-hydrogen) atoms. The second-order valence-electron chi connectivity index (χ2n) is 4.30. The van der Waals surface area contributed by atoms with Gasteiger partial charge in [-0.1, -0.05) is 6.92 Å². The van der Waals surface area contributed by atoms with Gasteiger partial charge in [0.05, 0.1) is 10.6 Å². The molecule has 2 atom stereocenters. The minimum absolute atomic E-state index is 0.131. The van der Waals surface area contributed by atoms with Crippen LogP contribution in [0.5, 0.6) is 0 Å². The Balaban J connectivity index is 2.75. The maximum Gasteiger partial charge on any atom is 0.0944 e. The number of rotatable bonds is 6. The van der Waals surface area contributed by atoms with Crippen LogP contribution >= 0.6 is 11.3 Å². The first kappa shape index (κ1) is 13.6. The molecule has 0 fully saturated rings. The molecule has 2 unspecified atom stereocenters. The molecular weight excluding hydrogens is 220 g/mol. The molecular formula is C12H22N2OS. The van der Waals surface area contributed by atoms with Crippen molar-refractivity contribution in [1.29, 1.82) is 0 Å². The molecule has 0 spiro atoms. The van der Waals surface area contributed by atoms with E-state index >= 15 is 0 Å². The highest BCUT2D eigenvalue weighted by Gasteiger charge is 2.32. The maximum absolute atomic E-state index is 5.63. The lowest BCUT2D eigenvalue weighted by Crippen LogP contribution is -2.49. The quantitative estimate of drug-likeness (QED) is 0.832. The van der Waals surface area contributed by atoms with Crippen molar-refractivity contribution in [2.24, 2.45) is 0 Å². The number of methoxy groups -OCH3 is 1. The Labute approximate surface area is 102 Å². The third kappa shape index (κ3) is 3.03. The van der Waals surface area contributed by atoms with Gasteiger partial charge in [0.15, 0.2) is 0 Å². The molecule has 0 saturated heterocycles. The van der Waals surface area contributed by atoms with Crippen molar-refractivity contribution in [2.45, 2.75) is 45.3 Å². The van der Waals surface area contributed by atoms with Gasteiger partial charge in [0.1, 0.15) is 0 Å². The van der Waals surface area contributed by atoms with Crippen molar-refractivity contribution in [3.63, 3.8) is 0 Å². The molecule has 1 heterocycles. The highest BCUT2D eigenvalue weighted by Crippen LogP contribution is 2.23. The van der Waals surface area contributed by atoms with Gasteiger partial charge in [0.25, 0.3) is 0 Å². The predicted octanol–water partition coefficient (Wildman–Crippen LogP) is 2.40. The summed E-state index contributed by atoms with van der Waals surface area (Å²) < 4.78 is 5.63. The van der Waals surface area contributed by atoms with E-state index in [4.69, 9.17) is 4.74 Å². The highest BCUT2D eigenvalue weighted by atomic mass is 32.1. The molecule has 0 aromatic carbocycles. The molecule has 3 nitrogen and oxygen atoms in total. The Hall–Kier alpha value is -0.450. The fourth-order valence-corrected chi connectivity index (χ4v) is 2.65. The zero-order valence-electron chi connectivity index (χ0n) is 10.8. The maximum atomic E-state index is 5.63. The van der Waals surface area contributed by atoms with E-state index in [1.807, 2.05) is 14.0 Å². The van der Waals surface area contributed by atoms with Crippen molar-refractivity contribution in [3.05, 3.63) is 16.1 Å². The largest absolute Gasteiger partial charge is 0.377 e. The highest BCUT2D eigenvalue weighted by molar-refractivity contribution is 7.09. The number of likely N-dealkylation sites (N-methyl/N-ethyl adjacent to an activating group) is 1. The first-order chi connectivity index (χ1) is 7.55. The Kier molecular flexibility index (Phi) is 4.89. The smallest absolute Gasteiger partial charge is 0.0944 e. The summed E-state index contributed by atoms with van der Waals surface area (Å²) in [5.41, 5.74) is 0.972. The number of nitrogens with one attached hydrogen (secondary N) is 1. The van der Waals surface area contributed by atoms with Crippen LogP contribution in [0.25, 0.3) is 0 Å². The number of aromatic nitrogens is 1. The topological polar surface area (TPSA) is 34.1 Å². The SMILES string of the molecule is CCC(C)(OC)C(Cc1nc(C)cs1)NC. The van der Waals surface area contributed by atoms with E-state index in [9.17, 15) is 0 Å². The second-order valence-corrected chi connectivity index (χ2v) is 5.24. The molecule has 0 bridgehead atoms. The van der Waals surface area contributed by atoms with Gasteiger partial charge >= 0.3 is 0 Å². The van der Waals surface area contributed by atoms with Crippen LogP contribution in [0.4, 0.5) is 0 Å². The number of hydrogen-bond acceptors (Lipinski definition) is 4. The van der Waals surface area contributed by atoms with Crippen LogP contribution in [-0.2, 0) is 11.2 Å². The van der Waals surface area contributed by atoms with Gasteiger partial charge in [-0.3, -0.25) is 0 Å². The van der Waals surface area contributed by atoms with Gasteiger partial charge < -0.3 is 10.1 Å². The van der Waals surface area contributed by atoms with Crippen LogP contribution in [-0.4, -0.2) is 30.8 Å². The van der Waals surface area contributed by atoms with Gasteiger partial charge in [-0.2, -0.15) is 0 Å². The standard InChI is InChI=1S/C12H22N2OS/c1-6-12(3,15-5)10(13-4)7-11-14-9(2)8-16-11/h8,10,13H,6-7H2,1-5H3. The summed E-state index contributed by atoms with van der Waals surface area (Å²) in [6, 6.07) is 0.299. The number of nitrogens with zero attached hydrogens (tertiary/aromatic N) is 1. The summed E-state index contributed by atoms with van der Waals surface area (Å²) in [5, 5.41) is 6.61. The summed E-state index contributed by atoms with van der Waals surface area (Å²) in [6.07, 6.45) is 1.91. The van der Waals surface area contributed by atoms with Crippen molar-refractivity contribution in [1.82, 2.24) is 10.3 Å². The molecule has 0 radical (unpaired) electrons. The zero-order chi connectivity index (χ0) is 12.2. The van der Waals surface area contributed by atoms with Crippen molar-refractivity contribution < 1.29 is 4.74 Å². The molecule has 1 N–H and O–H groups in total. The third-order valence-corrected chi connectivity index (χ3v) is 4.29. The molecule has 4 heteroatoms. The van der Waals surface area contributed by atoms with Gasteiger partial charge in [-0.25, -0.2) is 4.98 Å². The average molecular weight is 242 g/mol. The van der Waals surface area contributed by atoms with Crippen molar-refractivity contribution >= 4 is 11.3 Å². The molecule has 0 aliphatic carbocycles. The Morgan fingerprint density at radius 1 is 1.62 bits per heavy atom. The number of thiazole rings is 1. The van der Waals surface area contributed by atoms with E-state index in [0.29, 0.717) is 6.04 Å². The van der Waals surface area contributed by atoms with E-state index in [1.165, 1.54) is 5.01 Å². The molecule has 1 aromatic rings. The lowest BCUT2D eigenvalue weighted by Gasteiger charge is -2.35. The van der Waals surface area contributed by atoms with Gasteiger partial charge in [0.2, 0.25) is 0 Å². The monoisotopic (exact) mass is 242 g/mol. The molecule has 92 valence electrons. The summed E-state index contributed by atoms with van der Waals surface area (Å²) in [5.74, 6) is 0. The Morgan fingerprint density at radius 2 is 2.31 bits per heavy atom. The Morgan fingerprint density at radius 3 is 2.69 bits per heavy atom. The summed E-state index contributed by atoms with van der Waals surface area (Å²) in [4.78, 5) is 4.50. The minimum Gasteiger partial charge on any atom is -0.377 e. The molecule has 0 amide bonds. The molecule has 1 rings (SSSR count). The van der Waals surface area contributed by atoms with E-state index in [2.05, 4.69) is 29.5 Å². The van der Waals surface area contributed by atoms with E-state index in [0.717, 1.165) is 18.5 Å². The average Bonchev–Trinajstić information content (AvgIpc) is 2.70. The van der Waals surface area contributed by atoms with Crippen LogP contribution in [0.1, 0.15) is 31.0 Å². The van der Waals surface area contributed by atoms with Crippen molar-refractivity contribution in [3.8, 4) is 0 Å². The van der Waals surface area contributed by atoms with Gasteiger partial charge in [-0.05, 0) is 27.3 Å². The zero-order valence-corrected chi connectivity index (χ0v) is 11.6. The molecule has 0 aliphatic heterocycles. The van der Waals surface area contributed by atoms with Crippen LogP contribution in [0.15, 0.2) is 5.38 Å². The van der Waals surface area contributed by atoms with E-state index in [-0.39, 0.29) is 5.60 Å². The molecule has 0 aliphatic rings. The van der Waals surface area contributed by atoms with Crippen LogP contribution in [0.2, 0.25) is 0 Å². The molecule has 0 saturated carbocycles. The van der Waals surface area contributed by atoms with Gasteiger partial charge in [0, 0.05) is 30.6 Å². The lowest BCUT2D eigenvalue weighted by atomic mass is 9.91. The van der Waals surface area contributed by atoms with E-state index < -0.39 is 0 Å². The minimum atomic E-state index is -0.131. The third-order valence-electron chi connectivity index (χ3n) is 3.30. The van der Waals surface area contributed by atoms with Crippen LogP contribution < -0.4 is 5.32 Å². The Bertz CT molecular complexity index is 321. The number of aryl methyl sites for hydroxylation is 1. The second kappa shape index (κ2) is 5.75. The molecule has 1 aromatic heterocycles. The first-order valence-electron chi connectivity index (χ1n) is 5.69. The van der Waals surface area contributed by atoms with E-state index in [1.54, 1.807) is 18.4 Å². The summed E-state index contributed by atoms with van der Waals surface area (Å²) >= 11 is 1.72. The van der Waals surface area contributed by atoms with Gasteiger partial charge in [-0.15, -0.1) is 11.3 Å². The van der Waals surface area contributed by atoms with Crippen LogP contribution in [0, 0.1) is 6.92 Å². The number of ether oxygens (including phenoxy) is 1. The normalized spacial score (nSPS) is 17.1. The number of hydrogen-bond donors (Lipinski definition) is 1. The summed E-state index contributed by atoms with van der Waals surface area (Å²) in [7, 11) is 3.76.